The molecule has 0 bridgehead atoms. The summed E-state index contributed by atoms with van der Waals surface area (Å²) in [4.78, 5) is 24.3. The van der Waals surface area contributed by atoms with Gasteiger partial charge in [-0.1, -0.05) is 26.7 Å². The van der Waals surface area contributed by atoms with Gasteiger partial charge in [-0.05, 0) is 37.3 Å². The summed E-state index contributed by atoms with van der Waals surface area (Å²) in [5.41, 5.74) is 0.444. The molecule has 1 aromatic rings. The average molecular weight is 306 g/mol. The van der Waals surface area contributed by atoms with Gasteiger partial charge in [0, 0.05) is 19.3 Å². The van der Waals surface area contributed by atoms with Crippen LogP contribution in [0.3, 0.4) is 0 Å². The first-order valence-corrected chi connectivity index (χ1v) is 8.03. The molecule has 0 aliphatic heterocycles. The lowest BCUT2D eigenvalue weighted by Gasteiger charge is -2.35. The predicted molar refractivity (Wildman–Crippen MR) is 84.4 cm³/mol. The highest BCUT2D eigenvalue weighted by Crippen LogP contribution is 2.29. The van der Waals surface area contributed by atoms with Crippen LogP contribution in [0.4, 0.5) is 0 Å². The summed E-state index contributed by atoms with van der Waals surface area (Å²) in [5.74, 6) is 0.377. The van der Waals surface area contributed by atoms with Gasteiger partial charge in [0.1, 0.15) is 5.69 Å². The van der Waals surface area contributed by atoms with E-state index in [0.29, 0.717) is 17.5 Å². The zero-order valence-electron chi connectivity index (χ0n) is 13.8. The smallest absolute Gasteiger partial charge is 0.355 e. The number of esters is 1. The fraction of sp³-hybridized carbons (Fsp3) is 0.647. The van der Waals surface area contributed by atoms with E-state index < -0.39 is 12.1 Å². The van der Waals surface area contributed by atoms with Gasteiger partial charge in [0.15, 0.2) is 6.10 Å². The summed E-state index contributed by atoms with van der Waals surface area (Å²) in [6, 6.07) is 3.62. The summed E-state index contributed by atoms with van der Waals surface area (Å²) >= 11 is 0. The van der Waals surface area contributed by atoms with Crippen molar-refractivity contribution in [3.8, 4) is 0 Å². The van der Waals surface area contributed by atoms with Gasteiger partial charge < -0.3 is 14.6 Å². The van der Waals surface area contributed by atoms with E-state index in [0.717, 1.165) is 12.8 Å². The average Bonchev–Trinajstić information content (AvgIpc) is 2.90. The molecule has 22 heavy (non-hydrogen) atoms. The highest BCUT2D eigenvalue weighted by atomic mass is 16.5. The van der Waals surface area contributed by atoms with Gasteiger partial charge in [-0.15, -0.1) is 0 Å². The van der Waals surface area contributed by atoms with E-state index in [4.69, 9.17) is 4.74 Å². The van der Waals surface area contributed by atoms with Gasteiger partial charge in [-0.3, -0.25) is 4.79 Å². The summed E-state index contributed by atoms with van der Waals surface area (Å²) in [5, 5.41) is 3.04. The standard InChI is InChI=1S/C17H26N2O3/c1-11-7-5-8-14(12(11)2)18-16(20)13(3)22-17(21)15-9-6-10-19(15)4/h6,9-14H,5,7-8H2,1-4H3,(H,18,20)/t11-,12+,13+,14+/m0/s1. The molecule has 1 aromatic heterocycles. The molecule has 0 spiro atoms. The lowest BCUT2D eigenvalue weighted by molar-refractivity contribution is -0.130. The number of amides is 1. The van der Waals surface area contributed by atoms with E-state index in [1.807, 2.05) is 0 Å². The first kappa shape index (κ1) is 16.6. The maximum Gasteiger partial charge on any atom is 0.355 e. The van der Waals surface area contributed by atoms with Gasteiger partial charge >= 0.3 is 5.97 Å². The second kappa shape index (κ2) is 6.99. The van der Waals surface area contributed by atoms with E-state index in [1.165, 1.54) is 6.42 Å². The van der Waals surface area contributed by atoms with Crippen LogP contribution in [0.1, 0.15) is 50.5 Å². The first-order valence-electron chi connectivity index (χ1n) is 8.03. The van der Waals surface area contributed by atoms with Gasteiger partial charge in [-0.25, -0.2) is 4.79 Å². The quantitative estimate of drug-likeness (QED) is 0.870. The van der Waals surface area contributed by atoms with Gasteiger partial charge in [0.05, 0.1) is 0 Å². The number of carbonyl (C=O) groups excluding carboxylic acids is 2. The Balaban J connectivity index is 1.89. The molecule has 1 fully saturated rings. The SMILES string of the molecule is C[C@@H]1[C@@H](C)CCC[C@H]1NC(=O)[C@@H](C)OC(=O)c1cccn1C. The Morgan fingerprint density at radius 2 is 2.09 bits per heavy atom. The molecular formula is C17H26N2O3. The fourth-order valence-corrected chi connectivity index (χ4v) is 3.03. The lowest BCUT2D eigenvalue weighted by atomic mass is 9.78. The second-order valence-corrected chi connectivity index (χ2v) is 6.43. The van der Waals surface area contributed by atoms with Crippen molar-refractivity contribution < 1.29 is 14.3 Å². The molecule has 1 saturated carbocycles. The fourth-order valence-electron chi connectivity index (χ4n) is 3.03. The van der Waals surface area contributed by atoms with E-state index in [9.17, 15) is 9.59 Å². The minimum atomic E-state index is -0.785. The number of ether oxygens (including phenoxy) is 1. The number of hydrogen-bond donors (Lipinski definition) is 1. The Morgan fingerprint density at radius 3 is 2.73 bits per heavy atom. The summed E-state index contributed by atoms with van der Waals surface area (Å²) in [6.45, 7) is 6.02. The van der Waals surface area contributed by atoms with E-state index in [2.05, 4.69) is 19.2 Å². The van der Waals surface area contributed by atoms with Crippen molar-refractivity contribution in [2.24, 2.45) is 18.9 Å². The van der Waals surface area contributed by atoms with Crippen molar-refractivity contribution in [1.29, 1.82) is 0 Å². The number of nitrogens with one attached hydrogen (secondary N) is 1. The zero-order valence-corrected chi connectivity index (χ0v) is 13.8. The molecule has 1 heterocycles. The number of rotatable bonds is 4. The van der Waals surface area contributed by atoms with Crippen LogP contribution in [0, 0.1) is 11.8 Å². The number of carbonyl (C=O) groups is 2. The third-order valence-electron chi connectivity index (χ3n) is 4.84. The van der Waals surface area contributed by atoms with Crippen LogP contribution in [0.5, 0.6) is 0 Å². The Hall–Kier alpha value is -1.78. The van der Waals surface area contributed by atoms with Crippen LogP contribution in [0.25, 0.3) is 0 Å². The Bertz CT molecular complexity index is 538. The van der Waals surface area contributed by atoms with E-state index >= 15 is 0 Å². The molecule has 4 atom stereocenters. The summed E-state index contributed by atoms with van der Waals surface area (Å²) in [6.07, 6.45) is 4.33. The maximum absolute atomic E-state index is 12.3. The van der Waals surface area contributed by atoms with Gasteiger partial charge in [0.2, 0.25) is 0 Å². The van der Waals surface area contributed by atoms with Crippen LogP contribution in [0.15, 0.2) is 18.3 Å². The molecule has 1 aliphatic carbocycles. The molecule has 5 heteroatoms. The lowest BCUT2D eigenvalue weighted by Crippen LogP contribution is -2.47. The van der Waals surface area contributed by atoms with Crippen LogP contribution in [-0.2, 0) is 16.6 Å². The van der Waals surface area contributed by atoms with Crippen LogP contribution in [0.2, 0.25) is 0 Å². The predicted octanol–water partition coefficient (Wildman–Crippen LogP) is 2.51. The van der Waals surface area contributed by atoms with Gasteiger partial charge in [-0.2, -0.15) is 0 Å². The topological polar surface area (TPSA) is 60.3 Å². The van der Waals surface area contributed by atoms with Crippen molar-refractivity contribution in [1.82, 2.24) is 9.88 Å². The summed E-state index contributed by atoms with van der Waals surface area (Å²) < 4.78 is 6.95. The zero-order chi connectivity index (χ0) is 16.3. The molecule has 122 valence electrons. The molecule has 5 nitrogen and oxygen atoms in total. The van der Waals surface area contributed by atoms with Crippen molar-refractivity contribution in [2.45, 2.75) is 52.2 Å². The first-order chi connectivity index (χ1) is 10.4. The Morgan fingerprint density at radius 1 is 1.36 bits per heavy atom. The molecule has 0 unspecified atom stereocenters. The van der Waals surface area contributed by atoms with E-state index in [1.54, 1.807) is 36.9 Å². The van der Waals surface area contributed by atoms with E-state index in [-0.39, 0.29) is 11.9 Å². The van der Waals surface area contributed by atoms with Crippen molar-refractivity contribution >= 4 is 11.9 Å². The molecule has 0 radical (unpaired) electrons. The maximum atomic E-state index is 12.3. The number of nitrogens with zero attached hydrogens (tertiary/aromatic N) is 1. The molecule has 1 aliphatic rings. The highest BCUT2D eigenvalue weighted by Gasteiger charge is 2.30. The Labute approximate surface area is 132 Å². The Kier molecular flexibility index (Phi) is 5.27. The normalized spacial score (nSPS) is 26.3. The largest absolute Gasteiger partial charge is 0.448 e. The van der Waals surface area contributed by atoms with Gasteiger partial charge in [0.25, 0.3) is 5.91 Å². The minimum absolute atomic E-state index is 0.174. The van der Waals surface area contributed by atoms with Crippen molar-refractivity contribution in [3.05, 3.63) is 24.0 Å². The highest BCUT2D eigenvalue weighted by molar-refractivity contribution is 5.91. The monoisotopic (exact) mass is 306 g/mol. The van der Waals surface area contributed by atoms with Crippen molar-refractivity contribution in [3.63, 3.8) is 0 Å². The van der Waals surface area contributed by atoms with Crippen molar-refractivity contribution in [2.75, 3.05) is 0 Å². The van der Waals surface area contributed by atoms with Crippen LogP contribution in [-0.4, -0.2) is 28.6 Å². The number of hydrogen-bond acceptors (Lipinski definition) is 3. The third kappa shape index (κ3) is 3.70. The minimum Gasteiger partial charge on any atom is -0.448 e. The summed E-state index contributed by atoms with van der Waals surface area (Å²) in [7, 11) is 1.77. The molecule has 1 amide bonds. The third-order valence-corrected chi connectivity index (χ3v) is 4.84. The second-order valence-electron chi connectivity index (χ2n) is 6.43. The number of aromatic nitrogens is 1. The molecule has 0 saturated heterocycles. The molecule has 0 aromatic carbocycles. The molecule has 1 N–H and O–H groups in total. The van der Waals surface area contributed by atoms with Crippen LogP contribution < -0.4 is 5.32 Å². The molecular weight excluding hydrogens is 280 g/mol. The molecule has 2 rings (SSSR count). The number of aryl methyl sites for hydroxylation is 1. The van der Waals surface area contributed by atoms with Crippen LogP contribution >= 0.6 is 0 Å².